The van der Waals surface area contributed by atoms with Crippen molar-refractivity contribution in [2.75, 3.05) is 7.11 Å². The minimum absolute atomic E-state index is 0.651. The van der Waals surface area contributed by atoms with E-state index >= 15 is 0 Å². The van der Waals surface area contributed by atoms with Gasteiger partial charge in [0, 0.05) is 22.9 Å². The van der Waals surface area contributed by atoms with Gasteiger partial charge in [-0.05, 0) is 44.4 Å². The van der Waals surface area contributed by atoms with E-state index in [1.165, 1.54) is 27.0 Å². The molecule has 23 heavy (non-hydrogen) atoms. The van der Waals surface area contributed by atoms with Gasteiger partial charge in [0.15, 0.2) is 0 Å². The first-order chi connectivity index (χ1) is 10.8. The highest BCUT2D eigenvalue weighted by molar-refractivity contribution is 7.12. The van der Waals surface area contributed by atoms with Gasteiger partial charge in [-0.3, -0.25) is 0 Å². The molecule has 1 aromatic rings. The lowest BCUT2D eigenvalue weighted by molar-refractivity contribution is -0.131. The Morgan fingerprint density at radius 1 is 1.22 bits per heavy atom. The van der Waals surface area contributed by atoms with Crippen LogP contribution in [0, 0.1) is 13.8 Å². The third-order valence-corrected chi connectivity index (χ3v) is 4.53. The van der Waals surface area contributed by atoms with E-state index in [0.717, 1.165) is 5.57 Å². The molecule has 1 rings (SSSR count). The summed E-state index contributed by atoms with van der Waals surface area (Å²) in [7, 11) is 1.71. The van der Waals surface area contributed by atoms with E-state index in [0.29, 0.717) is 12.2 Å². The van der Waals surface area contributed by atoms with Crippen LogP contribution in [-0.2, 0) is 16.1 Å². The van der Waals surface area contributed by atoms with Gasteiger partial charge in [0.25, 0.3) is 0 Å². The van der Waals surface area contributed by atoms with Crippen LogP contribution in [0.1, 0.15) is 34.7 Å². The maximum Gasteiger partial charge on any atom is 0.328 e. The number of thiophene rings is 1. The smallest absolute Gasteiger partial charge is 0.328 e. The average molecular weight is 332 g/mol. The van der Waals surface area contributed by atoms with Crippen LogP contribution in [0.15, 0.2) is 41.5 Å². The summed E-state index contributed by atoms with van der Waals surface area (Å²) in [6.07, 6.45) is 11.0. The fourth-order valence-electron chi connectivity index (χ4n) is 2.11. The zero-order valence-electron chi connectivity index (χ0n) is 14.3. The van der Waals surface area contributed by atoms with E-state index in [4.69, 9.17) is 9.84 Å². The molecule has 0 aliphatic rings. The third-order valence-electron chi connectivity index (χ3n) is 3.34. The minimum atomic E-state index is -0.928. The molecule has 0 amide bonds. The third kappa shape index (κ3) is 6.38. The molecule has 124 valence electrons. The number of carboxylic acid groups (broad SMARTS) is 1. The monoisotopic (exact) mass is 332 g/mol. The molecule has 0 atom stereocenters. The highest BCUT2D eigenvalue weighted by atomic mass is 32.1. The Labute approximate surface area is 142 Å². The topological polar surface area (TPSA) is 46.5 Å². The fourth-order valence-corrected chi connectivity index (χ4v) is 3.25. The molecular weight excluding hydrogens is 308 g/mol. The number of hydrogen-bond acceptors (Lipinski definition) is 3. The molecule has 0 aliphatic heterocycles. The van der Waals surface area contributed by atoms with Crippen LogP contribution < -0.4 is 0 Å². The van der Waals surface area contributed by atoms with E-state index in [-0.39, 0.29) is 0 Å². The number of allylic oxidation sites excluding steroid dienone is 6. The summed E-state index contributed by atoms with van der Waals surface area (Å²) in [5.74, 6) is -0.928. The molecule has 1 heterocycles. The van der Waals surface area contributed by atoms with E-state index in [1.807, 2.05) is 19.1 Å². The van der Waals surface area contributed by atoms with Crippen molar-refractivity contribution in [1.29, 1.82) is 0 Å². The van der Waals surface area contributed by atoms with Crippen LogP contribution in [-0.4, -0.2) is 18.2 Å². The van der Waals surface area contributed by atoms with E-state index in [9.17, 15) is 4.79 Å². The van der Waals surface area contributed by atoms with E-state index in [1.54, 1.807) is 31.4 Å². The summed E-state index contributed by atoms with van der Waals surface area (Å²) in [4.78, 5) is 13.1. The van der Waals surface area contributed by atoms with Gasteiger partial charge in [0.05, 0.1) is 6.61 Å². The molecular formula is C19H24O3S. The largest absolute Gasteiger partial charge is 0.478 e. The lowest BCUT2D eigenvalue weighted by Crippen LogP contribution is -1.87. The molecule has 0 aromatic carbocycles. The van der Waals surface area contributed by atoms with Crippen molar-refractivity contribution in [2.45, 2.75) is 34.3 Å². The Bertz CT molecular complexity index is 673. The van der Waals surface area contributed by atoms with Crippen molar-refractivity contribution in [1.82, 2.24) is 0 Å². The molecule has 0 spiro atoms. The maximum atomic E-state index is 10.5. The second kappa shape index (κ2) is 9.28. The summed E-state index contributed by atoms with van der Waals surface area (Å²) in [6, 6.07) is 0. The van der Waals surface area contributed by atoms with Crippen LogP contribution in [0.4, 0.5) is 0 Å². The second-order valence-corrected chi connectivity index (χ2v) is 6.69. The Morgan fingerprint density at radius 2 is 1.91 bits per heavy atom. The zero-order valence-corrected chi connectivity index (χ0v) is 15.2. The summed E-state index contributed by atoms with van der Waals surface area (Å²) < 4.78 is 5.22. The normalized spacial score (nSPS) is 13.4. The first-order valence-corrected chi connectivity index (χ1v) is 8.19. The number of ether oxygens (including phenoxy) is 1. The molecule has 0 aliphatic carbocycles. The molecule has 0 unspecified atom stereocenters. The molecule has 0 radical (unpaired) electrons. The molecule has 3 nitrogen and oxygen atoms in total. The number of hydrogen-bond donors (Lipinski definition) is 1. The van der Waals surface area contributed by atoms with Crippen molar-refractivity contribution in [3.05, 3.63) is 62.4 Å². The zero-order chi connectivity index (χ0) is 17.4. The minimum Gasteiger partial charge on any atom is -0.478 e. The Balaban J connectivity index is 2.83. The van der Waals surface area contributed by atoms with Gasteiger partial charge in [-0.15, -0.1) is 11.3 Å². The number of aliphatic carboxylic acids is 1. The van der Waals surface area contributed by atoms with E-state index < -0.39 is 5.97 Å². The van der Waals surface area contributed by atoms with Gasteiger partial charge in [-0.1, -0.05) is 36.0 Å². The Kier molecular flexibility index (Phi) is 7.72. The maximum absolute atomic E-state index is 10.5. The number of rotatable bonds is 7. The Morgan fingerprint density at radius 3 is 2.52 bits per heavy atom. The van der Waals surface area contributed by atoms with Crippen molar-refractivity contribution in [3.8, 4) is 0 Å². The highest BCUT2D eigenvalue weighted by Crippen LogP contribution is 2.29. The summed E-state index contributed by atoms with van der Waals surface area (Å²) in [6.45, 7) is 8.67. The molecule has 0 bridgehead atoms. The molecule has 0 saturated carbocycles. The predicted octanol–water partition coefficient (Wildman–Crippen LogP) is 5.06. The van der Waals surface area contributed by atoms with Crippen molar-refractivity contribution < 1.29 is 14.6 Å². The lowest BCUT2D eigenvalue weighted by atomic mass is 10.1. The van der Waals surface area contributed by atoms with Crippen LogP contribution >= 0.6 is 11.3 Å². The van der Waals surface area contributed by atoms with E-state index in [2.05, 4.69) is 26.0 Å². The van der Waals surface area contributed by atoms with Crippen LogP contribution in [0.25, 0.3) is 6.08 Å². The van der Waals surface area contributed by atoms with Gasteiger partial charge >= 0.3 is 5.97 Å². The number of carbonyl (C=O) groups is 1. The predicted molar refractivity (Wildman–Crippen MR) is 97.8 cm³/mol. The quantitative estimate of drug-likeness (QED) is 0.561. The highest BCUT2D eigenvalue weighted by Gasteiger charge is 2.09. The van der Waals surface area contributed by atoms with Gasteiger partial charge in [0.2, 0.25) is 0 Å². The molecule has 1 N–H and O–H groups in total. The summed E-state index contributed by atoms with van der Waals surface area (Å²) in [5, 5.41) is 8.65. The summed E-state index contributed by atoms with van der Waals surface area (Å²) in [5.41, 5.74) is 4.33. The van der Waals surface area contributed by atoms with Crippen molar-refractivity contribution in [2.24, 2.45) is 0 Å². The van der Waals surface area contributed by atoms with Crippen LogP contribution in [0.2, 0.25) is 0 Å². The first-order valence-electron chi connectivity index (χ1n) is 7.37. The molecule has 0 fully saturated rings. The first kappa shape index (κ1) is 19.1. The number of carboxylic acids is 1. The average Bonchev–Trinajstić information content (AvgIpc) is 2.71. The lowest BCUT2D eigenvalue weighted by Gasteiger charge is -1.98. The van der Waals surface area contributed by atoms with Crippen molar-refractivity contribution in [3.63, 3.8) is 0 Å². The van der Waals surface area contributed by atoms with Crippen molar-refractivity contribution >= 4 is 23.4 Å². The standard InChI is InChI=1S/C19H24O3S/c1-13(7-6-8-14(2)11-19(20)21)9-10-17-15(3)18(12-22-5)23-16(17)4/h6-11H,12H2,1-5H3,(H,20,21). The molecule has 1 aromatic heterocycles. The summed E-state index contributed by atoms with van der Waals surface area (Å²) >= 11 is 1.77. The molecule has 4 heteroatoms. The second-order valence-electron chi connectivity index (χ2n) is 5.38. The SMILES string of the molecule is COCc1sc(C)c(C=CC(C)=CC=CC(C)=CC(=O)O)c1C. The van der Waals surface area contributed by atoms with Gasteiger partial charge < -0.3 is 9.84 Å². The van der Waals surface area contributed by atoms with Gasteiger partial charge in [-0.25, -0.2) is 4.79 Å². The van der Waals surface area contributed by atoms with Crippen LogP contribution in [0.5, 0.6) is 0 Å². The number of aryl methyl sites for hydroxylation is 1. The Hall–Kier alpha value is -1.91. The number of methoxy groups -OCH3 is 1. The van der Waals surface area contributed by atoms with Gasteiger partial charge in [0.1, 0.15) is 0 Å². The van der Waals surface area contributed by atoms with Crippen LogP contribution in [0.3, 0.4) is 0 Å². The fraction of sp³-hybridized carbons (Fsp3) is 0.316. The van der Waals surface area contributed by atoms with Gasteiger partial charge in [-0.2, -0.15) is 0 Å². The molecule has 0 saturated heterocycles.